The molecule has 1 fully saturated rings. The number of hydrogen-bond acceptors (Lipinski definition) is 4. The summed E-state index contributed by atoms with van der Waals surface area (Å²) in [6.07, 6.45) is 0.594. The Morgan fingerprint density at radius 2 is 1.80 bits per heavy atom. The SMILES string of the molecule is CC(C)(C)OC(=O)N1CC2CC(C1)c1cc(NC(=O)c3ccccc3)cc(=O)n1C2. The first-order chi connectivity index (χ1) is 14.2. The minimum atomic E-state index is -0.548. The predicted octanol–water partition coefficient (Wildman–Crippen LogP) is 3.45. The Morgan fingerprint density at radius 1 is 1.07 bits per heavy atom. The van der Waals surface area contributed by atoms with Gasteiger partial charge in [-0.2, -0.15) is 0 Å². The molecule has 1 N–H and O–H groups in total. The molecule has 2 aliphatic heterocycles. The summed E-state index contributed by atoms with van der Waals surface area (Å²) < 4.78 is 7.32. The van der Waals surface area contributed by atoms with Gasteiger partial charge >= 0.3 is 6.09 Å². The van der Waals surface area contributed by atoms with Gasteiger partial charge in [-0.1, -0.05) is 18.2 Å². The number of piperidine rings is 1. The van der Waals surface area contributed by atoms with Crippen molar-refractivity contribution in [3.8, 4) is 0 Å². The van der Waals surface area contributed by atoms with Gasteiger partial charge in [-0.3, -0.25) is 9.59 Å². The number of nitrogens with zero attached hydrogens (tertiary/aromatic N) is 2. The van der Waals surface area contributed by atoms with Gasteiger partial charge in [-0.25, -0.2) is 4.79 Å². The van der Waals surface area contributed by atoms with Crippen molar-refractivity contribution in [3.63, 3.8) is 0 Å². The van der Waals surface area contributed by atoms with Crippen LogP contribution in [0.4, 0.5) is 10.5 Å². The Labute approximate surface area is 175 Å². The molecule has 4 rings (SSSR count). The Hall–Kier alpha value is -3.09. The highest BCUT2D eigenvalue weighted by Crippen LogP contribution is 2.36. The van der Waals surface area contributed by atoms with Crippen molar-refractivity contribution < 1.29 is 14.3 Å². The zero-order valence-electron chi connectivity index (χ0n) is 17.6. The van der Waals surface area contributed by atoms with E-state index < -0.39 is 5.60 Å². The fourth-order valence-corrected chi connectivity index (χ4v) is 4.30. The van der Waals surface area contributed by atoms with E-state index in [2.05, 4.69) is 5.32 Å². The average Bonchev–Trinajstić information content (AvgIpc) is 2.68. The second kappa shape index (κ2) is 7.63. The zero-order chi connectivity index (χ0) is 21.5. The zero-order valence-corrected chi connectivity index (χ0v) is 17.6. The number of nitrogens with one attached hydrogen (secondary N) is 1. The number of anilines is 1. The number of amides is 2. The fraction of sp³-hybridized carbons (Fsp3) is 0.435. The molecule has 2 aliphatic rings. The number of hydrogen-bond donors (Lipinski definition) is 1. The van der Waals surface area contributed by atoms with Gasteiger partial charge in [-0.05, 0) is 51.3 Å². The summed E-state index contributed by atoms with van der Waals surface area (Å²) in [4.78, 5) is 39.6. The maximum atomic E-state index is 12.7. The van der Waals surface area contributed by atoms with E-state index in [0.29, 0.717) is 30.9 Å². The monoisotopic (exact) mass is 409 g/mol. The summed E-state index contributed by atoms with van der Waals surface area (Å²) in [6, 6.07) is 12.2. The molecule has 0 radical (unpaired) electrons. The first kappa shape index (κ1) is 20.2. The van der Waals surface area contributed by atoms with Gasteiger partial charge in [0.05, 0.1) is 0 Å². The quantitative estimate of drug-likeness (QED) is 0.824. The number of carbonyl (C=O) groups is 2. The molecule has 7 nitrogen and oxygen atoms in total. The molecule has 0 spiro atoms. The first-order valence-corrected chi connectivity index (χ1v) is 10.3. The van der Waals surface area contributed by atoms with Crippen LogP contribution in [0.2, 0.25) is 0 Å². The van der Waals surface area contributed by atoms with Crippen molar-refractivity contribution in [2.45, 2.75) is 45.3 Å². The highest BCUT2D eigenvalue weighted by molar-refractivity contribution is 6.04. The normalized spacial score (nSPS) is 20.3. The van der Waals surface area contributed by atoms with Crippen LogP contribution >= 0.6 is 0 Å². The standard InChI is InChI=1S/C23H27N3O4/c1-23(2,3)30-22(29)25-12-15-9-17(14-25)19-10-18(11-20(27)26(19)13-15)24-21(28)16-7-5-4-6-8-16/h4-8,10-11,15,17H,9,12-14H2,1-3H3,(H,24,28). The molecule has 1 aromatic carbocycles. The van der Waals surface area contributed by atoms with E-state index in [1.165, 1.54) is 6.07 Å². The molecular formula is C23H27N3O4. The number of rotatable bonds is 2. The molecule has 158 valence electrons. The molecule has 2 bridgehead atoms. The van der Waals surface area contributed by atoms with Crippen LogP contribution in [0.1, 0.15) is 49.2 Å². The van der Waals surface area contributed by atoms with Crippen LogP contribution in [0.15, 0.2) is 47.3 Å². The van der Waals surface area contributed by atoms with Crippen molar-refractivity contribution >= 4 is 17.7 Å². The van der Waals surface area contributed by atoms with Gasteiger partial charge in [0.1, 0.15) is 5.60 Å². The molecule has 0 saturated carbocycles. The topological polar surface area (TPSA) is 80.6 Å². The molecular weight excluding hydrogens is 382 g/mol. The van der Waals surface area contributed by atoms with Crippen molar-refractivity contribution in [2.75, 3.05) is 18.4 Å². The lowest BCUT2D eigenvalue weighted by Gasteiger charge is -2.43. The van der Waals surface area contributed by atoms with Crippen molar-refractivity contribution in [1.29, 1.82) is 0 Å². The van der Waals surface area contributed by atoms with Gasteiger partial charge in [0, 0.05) is 48.6 Å². The van der Waals surface area contributed by atoms with Crippen LogP contribution in [0, 0.1) is 5.92 Å². The number of pyridine rings is 1. The Balaban J connectivity index is 1.57. The molecule has 2 atom stereocenters. The largest absolute Gasteiger partial charge is 0.444 e. The van der Waals surface area contributed by atoms with Crippen LogP contribution in [-0.4, -0.2) is 40.2 Å². The molecule has 1 saturated heterocycles. The molecule has 1 aromatic heterocycles. The van der Waals surface area contributed by atoms with E-state index >= 15 is 0 Å². The second-order valence-electron chi connectivity index (χ2n) is 9.12. The second-order valence-corrected chi connectivity index (χ2v) is 9.12. The summed E-state index contributed by atoms with van der Waals surface area (Å²) in [6.45, 7) is 7.21. The molecule has 2 amide bonds. The van der Waals surface area contributed by atoms with Gasteiger partial charge in [0.2, 0.25) is 0 Å². The minimum Gasteiger partial charge on any atom is -0.444 e. The van der Waals surface area contributed by atoms with E-state index in [-0.39, 0.29) is 29.4 Å². The number of carbonyl (C=O) groups excluding carboxylic acids is 2. The highest BCUT2D eigenvalue weighted by Gasteiger charge is 2.38. The third-order valence-electron chi connectivity index (χ3n) is 5.50. The van der Waals surface area contributed by atoms with Crippen molar-refractivity contribution in [3.05, 3.63) is 64.1 Å². The minimum absolute atomic E-state index is 0.0336. The Morgan fingerprint density at radius 3 is 2.50 bits per heavy atom. The van der Waals surface area contributed by atoms with E-state index in [9.17, 15) is 14.4 Å². The predicted molar refractivity (Wildman–Crippen MR) is 114 cm³/mol. The molecule has 2 aromatic rings. The first-order valence-electron chi connectivity index (χ1n) is 10.3. The number of benzene rings is 1. The van der Waals surface area contributed by atoms with Gasteiger partial charge in [0.15, 0.2) is 0 Å². The fourth-order valence-electron chi connectivity index (χ4n) is 4.30. The van der Waals surface area contributed by atoms with Crippen LogP contribution in [0.3, 0.4) is 0 Å². The third kappa shape index (κ3) is 4.25. The summed E-state index contributed by atoms with van der Waals surface area (Å²) >= 11 is 0. The molecule has 0 aliphatic carbocycles. The van der Waals surface area contributed by atoms with E-state index in [1.54, 1.807) is 33.7 Å². The summed E-state index contributed by atoms with van der Waals surface area (Å²) in [7, 11) is 0. The summed E-state index contributed by atoms with van der Waals surface area (Å²) in [5.74, 6) is -0.00909. The van der Waals surface area contributed by atoms with Gasteiger partial charge < -0.3 is 19.5 Å². The average molecular weight is 409 g/mol. The Kier molecular flexibility index (Phi) is 5.13. The number of ether oxygens (including phenoxy) is 1. The van der Waals surface area contributed by atoms with Gasteiger partial charge in [-0.15, -0.1) is 0 Å². The highest BCUT2D eigenvalue weighted by atomic mass is 16.6. The molecule has 3 heterocycles. The number of fused-ring (bicyclic) bond motifs is 4. The molecule has 2 unspecified atom stereocenters. The van der Waals surface area contributed by atoms with E-state index in [4.69, 9.17) is 4.74 Å². The van der Waals surface area contributed by atoms with Crippen molar-refractivity contribution in [1.82, 2.24) is 9.47 Å². The Bertz CT molecular complexity index is 1020. The number of aromatic nitrogens is 1. The van der Waals surface area contributed by atoms with Crippen LogP contribution < -0.4 is 10.9 Å². The van der Waals surface area contributed by atoms with Gasteiger partial charge in [0.25, 0.3) is 11.5 Å². The lowest BCUT2D eigenvalue weighted by Crippen LogP contribution is -2.50. The maximum Gasteiger partial charge on any atom is 0.410 e. The smallest absolute Gasteiger partial charge is 0.410 e. The summed E-state index contributed by atoms with van der Waals surface area (Å²) in [5.41, 5.74) is 1.19. The third-order valence-corrected chi connectivity index (χ3v) is 5.50. The van der Waals surface area contributed by atoms with Crippen molar-refractivity contribution in [2.24, 2.45) is 5.92 Å². The lowest BCUT2D eigenvalue weighted by molar-refractivity contribution is 0.0102. The molecule has 7 heteroatoms. The summed E-state index contributed by atoms with van der Waals surface area (Å²) in [5, 5.41) is 2.83. The van der Waals surface area contributed by atoms with E-state index in [0.717, 1.165) is 12.1 Å². The van der Waals surface area contributed by atoms with E-state index in [1.807, 2.05) is 32.9 Å². The molecule has 30 heavy (non-hydrogen) atoms. The lowest BCUT2D eigenvalue weighted by atomic mass is 9.83. The number of likely N-dealkylation sites (tertiary alicyclic amines) is 1. The maximum absolute atomic E-state index is 12.7. The van der Waals surface area contributed by atoms with Crippen LogP contribution in [0.25, 0.3) is 0 Å². The van der Waals surface area contributed by atoms with Crippen LogP contribution in [-0.2, 0) is 11.3 Å². The van der Waals surface area contributed by atoms with Crippen LogP contribution in [0.5, 0.6) is 0 Å².